The van der Waals surface area contributed by atoms with Gasteiger partial charge in [0.1, 0.15) is 0 Å². The van der Waals surface area contributed by atoms with E-state index in [0.29, 0.717) is 6.54 Å². The molecule has 0 unspecified atom stereocenters. The van der Waals surface area contributed by atoms with Crippen LogP contribution >= 0.6 is 0 Å². The Morgan fingerprint density at radius 2 is 1.50 bits per heavy atom. The molecule has 0 aliphatic heterocycles. The molecule has 1 heterocycles. The fourth-order valence-electron chi connectivity index (χ4n) is 4.63. The zero-order valence-corrected chi connectivity index (χ0v) is 20.0. The first-order chi connectivity index (χ1) is 16.0. The summed E-state index contributed by atoms with van der Waals surface area (Å²) in [6.07, 6.45) is 9.15. The van der Waals surface area contributed by atoms with Crippen LogP contribution in [0.3, 0.4) is 0 Å². The van der Waals surface area contributed by atoms with E-state index in [4.69, 9.17) is 5.11 Å². The minimum Gasteiger partial charge on any atom is -0.478 e. The van der Waals surface area contributed by atoms with E-state index in [1.54, 1.807) is 35.1 Å². The maximum absolute atomic E-state index is 11.3. The summed E-state index contributed by atoms with van der Waals surface area (Å²) in [5.41, 5.74) is 6.18. The van der Waals surface area contributed by atoms with Crippen LogP contribution in [0.4, 0.5) is 0 Å². The van der Waals surface area contributed by atoms with Crippen molar-refractivity contribution in [2.24, 2.45) is 0 Å². The molecule has 0 bridgehead atoms. The van der Waals surface area contributed by atoms with Crippen LogP contribution in [0.1, 0.15) is 89.1 Å². The van der Waals surface area contributed by atoms with E-state index in [2.05, 4.69) is 44.9 Å². The van der Waals surface area contributed by atoms with Gasteiger partial charge in [-0.1, -0.05) is 64.1 Å². The van der Waals surface area contributed by atoms with Gasteiger partial charge in [0.15, 0.2) is 0 Å². The van der Waals surface area contributed by atoms with Gasteiger partial charge < -0.3 is 10.2 Å². The maximum Gasteiger partial charge on any atom is 0.338 e. The molecule has 3 aromatic rings. The largest absolute Gasteiger partial charge is 0.478 e. The van der Waals surface area contributed by atoms with Gasteiger partial charge in [0.25, 0.3) is 0 Å². The van der Waals surface area contributed by atoms with E-state index in [-0.39, 0.29) is 22.0 Å². The highest BCUT2D eigenvalue weighted by molar-refractivity contribution is 5.88. The van der Waals surface area contributed by atoms with Crippen LogP contribution < -0.4 is 0 Å². The van der Waals surface area contributed by atoms with Gasteiger partial charge in [0.05, 0.1) is 23.9 Å². The van der Waals surface area contributed by atoms with Crippen molar-refractivity contribution in [3.05, 3.63) is 87.7 Å². The number of fused-ring (bicyclic) bond motifs is 1. The predicted octanol–water partition coefficient (Wildman–Crippen LogP) is 5.85. The van der Waals surface area contributed by atoms with Gasteiger partial charge in [0.2, 0.25) is 0 Å². The summed E-state index contributed by atoms with van der Waals surface area (Å²) in [6.45, 7) is 9.58. The molecule has 1 aromatic heterocycles. The molecule has 0 saturated carbocycles. The summed E-state index contributed by atoms with van der Waals surface area (Å²) in [6, 6.07) is 11.3. The second-order valence-corrected chi connectivity index (χ2v) is 10.4. The lowest BCUT2D eigenvalue weighted by Gasteiger charge is -2.42. The minimum absolute atomic E-state index is 0.0465. The Kier molecular flexibility index (Phi) is 5.94. The van der Waals surface area contributed by atoms with E-state index in [9.17, 15) is 14.7 Å². The van der Waals surface area contributed by atoms with Crippen molar-refractivity contribution in [1.29, 1.82) is 0 Å². The number of hydrogen-bond donors (Lipinski definition) is 2. The Hall–Kier alpha value is -3.67. The van der Waals surface area contributed by atoms with E-state index in [0.717, 1.165) is 29.5 Å². The number of benzene rings is 2. The molecule has 6 heteroatoms. The van der Waals surface area contributed by atoms with Gasteiger partial charge in [-0.15, -0.1) is 0 Å². The monoisotopic (exact) mass is 458 g/mol. The van der Waals surface area contributed by atoms with Gasteiger partial charge >= 0.3 is 11.9 Å². The van der Waals surface area contributed by atoms with Crippen LogP contribution in [-0.2, 0) is 17.4 Å². The summed E-state index contributed by atoms with van der Waals surface area (Å²) in [4.78, 5) is 22.4. The summed E-state index contributed by atoms with van der Waals surface area (Å²) < 4.78 is 1.66. The van der Waals surface area contributed by atoms with Gasteiger partial charge in [-0.3, -0.25) is 4.68 Å². The lowest BCUT2D eigenvalue weighted by atomic mass is 9.62. The number of carboxylic acids is 2. The van der Waals surface area contributed by atoms with E-state index in [1.807, 2.05) is 12.2 Å². The van der Waals surface area contributed by atoms with Crippen molar-refractivity contribution in [2.45, 2.75) is 57.9 Å². The summed E-state index contributed by atoms with van der Waals surface area (Å²) in [7, 11) is 0. The second kappa shape index (κ2) is 8.60. The van der Waals surface area contributed by atoms with Gasteiger partial charge in [-0.25, -0.2) is 9.59 Å². The molecule has 0 saturated heterocycles. The Balaban J connectivity index is 1.78. The number of carbonyl (C=O) groups is 2. The van der Waals surface area contributed by atoms with Crippen LogP contribution in [0, 0.1) is 0 Å². The molecule has 1 aliphatic rings. The molecule has 0 radical (unpaired) electrons. The Bertz CT molecular complexity index is 1280. The van der Waals surface area contributed by atoms with E-state index >= 15 is 0 Å². The fourth-order valence-corrected chi connectivity index (χ4v) is 4.63. The van der Waals surface area contributed by atoms with E-state index in [1.165, 1.54) is 17.3 Å². The molecule has 2 N–H and O–H groups in total. The Labute approximate surface area is 199 Å². The van der Waals surface area contributed by atoms with Crippen LogP contribution in [0.5, 0.6) is 0 Å². The number of aromatic carboxylic acids is 2. The first-order valence-corrected chi connectivity index (χ1v) is 11.4. The first-order valence-electron chi connectivity index (χ1n) is 11.4. The van der Waals surface area contributed by atoms with Crippen LogP contribution in [0.2, 0.25) is 0 Å². The normalized spacial score (nSPS) is 16.4. The number of rotatable bonds is 6. The van der Waals surface area contributed by atoms with Crippen LogP contribution in [-0.4, -0.2) is 31.9 Å². The number of carboxylic acid groups (broad SMARTS) is 2. The molecule has 0 amide bonds. The molecule has 0 fully saturated rings. The Morgan fingerprint density at radius 1 is 0.912 bits per heavy atom. The summed E-state index contributed by atoms with van der Waals surface area (Å²) in [5.74, 6) is -1.94. The molecular formula is C28H30N2O4. The lowest BCUT2D eigenvalue weighted by Crippen LogP contribution is -2.34. The average molecular weight is 459 g/mol. The summed E-state index contributed by atoms with van der Waals surface area (Å²) >= 11 is 0. The third-order valence-corrected chi connectivity index (χ3v) is 6.94. The molecule has 176 valence electrons. The average Bonchev–Trinajstić information content (AvgIpc) is 3.25. The van der Waals surface area contributed by atoms with Crippen molar-refractivity contribution in [2.75, 3.05) is 0 Å². The zero-order chi connectivity index (χ0) is 24.7. The quantitative estimate of drug-likeness (QED) is 0.452. The van der Waals surface area contributed by atoms with Gasteiger partial charge in [-0.05, 0) is 63.6 Å². The number of hydrogen-bond acceptors (Lipinski definition) is 3. The van der Waals surface area contributed by atoms with Gasteiger partial charge in [0, 0.05) is 6.20 Å². The molecule has 0 spiro atoms. The molecule has 6 nitrogen and oxygen atoms in total. The third-order valence-electron chi connectivity index (χ3n) is 6.94. The maximum atomic E-state index is 11.3. The first kappa shape index (κ1) is 23.5. The number of nitrogens with zero attached hydrogens (tertiary/aromatic N) is 2. The highest BCUT2D eigenvalue weighted by atomic mass is 16.4. The number of aromatic nitrogens is 2. The lowest BCUT2D eigenvalue weighted by molar-refractivity contribution is 0.0686. The van der Waals surface area contributed by atoms with Crippen LogP contribution in [0.15, 0.2) is 48.8 Å². The summed E-state index contributed by atoms with van der Waals surface area (Å²) in [5, 5.41) is 22.7. The standard InChI is InChI=1S/C28H30N2O4/c1-27(2)11-12-28(3,4)24-14-21(16-30-17-22(15-29-30)26(33)34)20(13-23(24)27)10-7-18-5-8-19(9-6-18)25(31)32/h5-10,13-15,17H,11-12,16H2,1-4H3,(H,31,32)(H,33,34)/b10-7+. The molecule has 0 atom stereocenters. The smallest absolute Gasteiger partial charge is 0.338 e. The van der Waals surface area contributed by atoms with Gasteiger partial charge in [-0.2, -0.15) is 5.10 Å². The highest BCUT2D eigenvalue weighted by Crippen LogP contribution is 2.46. The van der Waals surface area contributed by atoms with E-state index < -0.39 is 11.9 Å². The van der Waals surface area contributed by atoms with Crippen molar-refractivity contribution in [3.8, 4) is 0 Å². The van der Waals surface area contributed by atoms with Crippen molar-refractivity contribution < 1.29 is 19.8 Å². The molecule has 4 rings (SSSR count). The molecular weight excluding hydrogens is 428 g/mol. The predicted molar refractivity (Wildman–Crippen MR) is 132 cm³/mol. The minimum atomic E-state index is -0.996. The van der Waals surface area contributed by atoms with Crippen molar-refractivity contribution in [1.82, 2.24) is 9.78 Å². The molecule has 2 aromatic carbocycles. The highest BCUT2D eigenvalue weighted by Gasteiger charge is 2.37. The van der Waals surface area contributed by atoms with Crippen LogP contribution in [0.25, 0.3) is 12.2 Å². The van der Waals surface area contributed by atoms with Crippen molar-refractivity contribution in [3.63, 3.8) is 0 Å². The van der Waals surface area contributed by atoms with Crippen molar-refractivity contribution >= 4 is 24.1 Å². The topological polar surface area (TPSA) is 92.4 Å². The molecule has 34 heavy (non-hydrogen) atoms. The third kappa shape index (κ3) is 4.67. The second-order valence-electron chi connectivity index (χ2n) is 10.4. The molecule has 1 aliphatic carbocycles. The fraction of sp³-hybridized carbons (Fsp3) is 0.321. The Morgan fingerprint density at radius 3 is 2.06 bits per heavy atom. The SMILES string of the molecule is CC1(C)CCC(C)(C)c2cc(Cn3cc(C(=O)O)cn3)c(/C=C/c3ccc(C(=O)O)cc3)cc21. The zero-order valence-electron chi connectivity index (χ0n) is 20.0.